The number of benzene rings is 2. The van der Waals surface area contributed by atoms with E-state index >= 15 is 0 Å². The van der Waals surface area contributed by atoms with Gasteiger partial charge in [-0.1, -0.05) is 61.1 Å². The molecule has 0 radical (unpaired) electrons. The first-order valence-corrected chi connectivity index (χ1v) is 14.1. The van der Waals surface area contributed by atoms with Gasteiger partial charge in [-0.2, -0.15) is 0 Å². The predicted molar refractivity (Wildman–Crippen MR) is 157 cm³/mol. The Bertz CT molecular complexity index is 1880. The number of rotatable bonds is 7. The number of hydrogen-bond acceptors (Lipinski definition) is 8. The van der Waals surface area contributed by atoms with Crippen LogP contribution in [0.4, 0.5) is 5.69 Å². The van der Waals surface area contributed by atoms with Crippen LogP contribution in [0.25, 0.3) is 17.4 Å². The molecule has 2 aromatic heterocycles. The number of carbonyl (C=O) groups is 1. The fourth-order valence-electron chi connectivity index (χ4n) is 4.69. The highest BCUT2D eigenvalue weighted by Crippen LogP contribution is 2.33. The van der Waals surface area contributed by atoms with Gasteiger partial charge < -0.3 is 9.15 Å². The first-order chi connectivity index (χ1) is 19.6. The number of ether oxygens (including phenoxy) is 1. The zero-order chi connectivity index (χ0) is 29.4. The molecule has 0 unspecified atom stereocenters. The maximum absolute atomic E-state index is 13.8. The lowest BCUT2D eigenvalue weighted by atomic mass is 9.93. The average Bonchev–Trinajstić information content (AvgIpc) is 3.52. The molecule has 9 nitrogen and oxygen atoms in total. The van der Waals surface area contributed by atoms with Gasteiger partial charge >= 0.3 is 5.97 Å². The first-order valence-electron chi connectivity index (χ1n) is 12.9. The van der Waals surface area contributed by atoms with E-state index in [-0.39, 0.29) is 22.9 Å². The van der Waals surface area contributed by atoms with Gasteiger partial charge in [0, 0.05) is 17.7 Å². The van der Waals surface area contributed by atoms with E-state index in [1.54, 1.807) is 38.1 Å². The van der Waals surface area contributed by atoms with Crippen molar-refractivity contribution in [1.82, 2.24) is 4.57 Å². The number of hydrogen-bond donors (Lipinski definition) is 0. The van der Waals surface area contributed by atoms with Gasteiger partial charge in [0.1, 0.15) is 16.5 Å². The summed E-state index contributed by atoms with van der Waals surface area (Å²) in [7, 11) is 0. The molecule has 2 aromatic carbocycles. The summed E-state index contributed by atoms with van der Waals surface area (Å²) in [6, 6.07) is 14.9. The van der Waals surface area contributed by atoms with Crippen molar-refractivity contribution < 1.29 is 18.9 Å². The van der Waals surface area contributed by atoms with Crippen molar-refractivity contribution >= 4 is 40.7 Å². The summed E-state index contributed by atoms with van der Waals surface area (Å²) in [5.41, 5.74) is 2.61. The molecular weight excluding hydrogens is 566 g/mol. The van der Waals surface area contributed by atoms with Gasteiger partial charge in [0.05, 0.1) is 33.4 Å². The Morgan fingerprint density at radius 1 is 1.22 bits per heavy atom. The number of nitrogens with zero attached hydrogens (tertiary/aromatic N) is 3. The molecule has 1 aliphatic heterocycles. The monoisotopic (exact) mass is 591 g/mol. The van der Waals surface area contributed by atoms with Crippen LogP contribution in [0.5, 0.6) is 0 Å². The Balaban J connectivity index is 1.61. The van der Waals surface area contributed by atoms with Crippen LogP contribution < -0.4 is 14.9 Å². The average molecular weight is 592 g/mol. The summed E-state index contributed by atoms with van der Waals surface area (Å²) in [5, 5.41) is 11.3. The number of halogens is 1. The number of thiazole rings is 1. The van der Waals surface area contributed by atoms with Gasteiger partial charge in [-0.05, 0) is 55.2 Å². The third-order valence-electron chi connectivity index (χ3n) is 6.76. The molecule has 11 heteroatoms. The number of fused-ring (bicyclic) bond motifs is 1. The predicted octanol–water partition coefficient (Wildman–Crippen LogP) is 5.74. The van der Waals surface area contributed by atoms with Crippen LogP contribution in [0, 0.1) is 10.1 Å². The fourth-order valence-corrected chi connectivity index (χ4v) is 5.90. The van der Waals surface area contributed by atoms with E-state index < -0.39 is 16.9 Å². The summed E-state index contributed by atoms with van der Waals surface area (Å²) < 4.78 is 13.1. The molecule has 0 fully saturated rings. The van der Waals surface area contributed by atoms with Gasteiger partial charge in [0.15, 0.2) is 4.80 Å². The lowest BCUT2D eigenvalue weighted by Gasteiger charge is -2.25. The largest absolute Gasteiger partial charge is 0.463 e. The molecule has 0 saturated carbocycles. The molecule has 0 saturated heterocycles. The van der Waals surface area contributed by atoms with Gasteiger partial charge in [-0.15, -0.1) is 0 Å². The lowest BCUT2D eigenvalue weighted by molar-refractivity contribution is -0.384. The number of aromatic nitrogens is 1. The number of carbonyl (C=O) groups excluding carboxylic acids is 1. The minimum Gasteiger partial charge on any atom is -0.463 e. The maximum Gasteiger partial charge on any atom is 0.338 e. The molecule has 0 N–H and O–H groups in total. The van der Waals surface area contributed by atoms with Crippen molar-refractivity contribution in [3.8, 4) is 11.3 Å². The molecule has 210 valence electrons. The summed E-state index contributed by atoms with van der Waals surface area (Å²) in [5.74, 6) is 0.563. The summed E-state index contributed by atoms with van der Waals surface area (Å²) in [6.45, 7) is 7.86. The van der Waals surface area contributed by atoms with Gasteiger partial charge in [0.25, 0.3) is 11.2 Å². The Hall–Kier alpha value is -4.28. The quantitative estimate of drug-likeness (QED) is 0.154. The molecule has 4 aromatic rings. The third kappa shape index (κ3) is 5.40. The molecule has 41 heavy (non-hydrogen) atoms. The number of allylic oxidation sites excluding steroid dienone is 1. The maximum atomic E-state index is 13.8. The second-order valence-electron chi connectivity index (χ2n) is 9.75. The topological polar surface area (TPSA) is 117 Å². The molecule has 3 heterocycles. The van der Waals surface area contributed by atoms with Crippen LogP contribution in [0.15, 0.2) is 80.1 Å². The van der Waals surface area contributed by atoms with Crippen LogP contribution in [-0.4, -0.2) is 22.1 Å². The highest BCUT2D eigenvalue weighted by molar-refractivity contribution is 7.07. The SMILES string of the molecule is CCOC(=O)C1=C(C)N=c2s/c(=C\c3ccc(-c4ccc(Cl)c([N+](=O)[O-])c4)o3)c(=O)n2[C@H]1c1ccc(C(C)C)cc1. The molecule has 0 amide bonds. The van der Waals surface area contributed by atoms with Crippen molar-refractivity contribution in [1.29, 1.82) is 0 Å². The lowest BCUT2D eigenvalue weighted by Crippen LogP contribution is -2.39. The Morgan fingerprint density at radius 2 is 1.95 bits per heavy atom. The second-order valence-corrected chi connectivity index (χ2v) is 11.2. The molecule has 1 atom stereocenters. The van der Waals surface area contributed by atoms with E-state index in [1.165, 1.54) is 28.0 Å². The molecule has 5 rings (SSSR count). The van der Waals surface area contributed by atoms with Crippen LogP contribution in [-0.2, 0) is 9.53 Å². The van der Waals surface area contributed by atoms with E-state index in [0.29, 0.717) is 43.6 Å². The fraction of sp³-hybridized carbons (Fsp3) is 0.233. The molecule has 0 spiro atoms. The van der Waals surface area contributed by atoms with Crippen molar-refractivity contribution in [3.05, 3.63) is 118 Å². The number of furan rings is 1. The van der Waals surface area contributed by atoms with Crippen molar-refractivity contribution in [3.63, 3.8) is 0 Å². The molecular formula is C30H26ClN3O6S. The van der Waals surface area contributed by atoms with E-state index in [0.717, 1.165) is 11.1 Å². The van der Waals surface area contributed by atoms with E-state index in [4.69, 9.17) is 20.8 Å². The van der Waals surface area contributed by atoms with Crippen molar-refractivity contribution in [2.24, 2.45) is 4.99 Å². The number of nitro groups is 1. The first kappa shape index (κ1) is 28.3. The van der Waals surface area contributed by atoms with Crippen LogP contribution in [0.2, 0.25) is 5.02 Å². The Labute approximate surface area is 243 Å². The van der Waals surface area contributed by atoms with E-state index in [9.17, 15) is 19.7 Å². The smallest absolute Gasteiger partial charge is 0.338 e. The van der Waals surface area contributed by atoms with Crippen molar-refractivity contribution in [2.75, 3.05) is 6.61 Å². The van der Waals surface area contributed by atoms with E-state index in [2.05, 4.69) is 18.8 Å². The summed E-state index contributed by atoms with van der Waals surface area (Å²) >= 11 is 7.12. The molecule has 0 aliphatic carbocycles. The van der Waals surface area contributed by atoms with Crippen LogP contribution in [0.3, 0.4) is 0 Å². The molecule has 0 bridgehead atoms. The standard InChI is InChI=1S/C30H26ClN3O6S/c1-5-39-29(36)26-17(4)32-30-33(27(26)19-8-6-18(7-9-19)16(2)3)28(35)25(41-30)15-21-11-13-24(40-21)20-10-12-22(31)23(14-20)34(37)38/h6-16,27H,5H2,1-4H3/b25-15-/t27-/m0/s1. The zero-order valence-electron chi connectivity index (χ0n) is 22.7. The van der Waals surface area contributed by atoms with Gasteiger partial charge in [0.2, 0.25) is 0 Å². The normalized spacial score (nSPS) is 15.2. The minimum absolute atomic E-state index is 0.0255. The van der Waals surface area contributed by atoms with Gasteiger partial charge in [-0.25, -0.2) is 9.79 Å². The zero-order valence-corrected chi connectivity index (χ0v) is 24.3. The highest BCUT2D eigenvalue weighted by atomic mass is 35.5. The second kappa shape index (κ2) is 11.3. The Kier molecular flexibility index (Phi) is 7.79. The highest BCUT2D eigenvalue weighted by Gasteiger charge is 2.33. The van der Waals surface area contributed by atoms with E-state index in [1.807, 2.05) is 24.3 Å². The Morgan fingerprint density at radius 3 is 2.61 bits per heavy atom. The summed E-state index contributed by atoms with van der Waals surface area (Å²) in [6.07, 6.45) is 1.60. The van der Waals surface area contributed by atoms with Crippen LogP contribution in [0.1, 0.15) is 56.5 Å². The molecule has 1 aliphatic rings. The van der Waals surface area contributed by atoms with Crippen LogP contribution >= 0.6 is 22.9 Å². The number of nitro benzene ring substituents is 1. The minimum atomic E-state index is -0.713. The van der Waals surface area contributed by atoms with Gasteiger partial charge in [-0.3, -0.25) is 19.5 Å². The third-order valence-corrected chi connectivity index (χ3v) is 8.07. The van der Waals surface area contributed by atoms with Crippen molar-refractivity contribution in [2.45, 2.75) is 39.7 Å². The summed E-state index contributed by atoms with van der Waals surface area (Å²) in [4.78, 5) is 42.7. The number of esters is 1.